The number of hydrogen-bond donors (Lipinski definition) is 2. The zero-order valence-electron chi connectivity index (χ0n) is 11.9. The van der Waals surface area contributed by atoms with Crippen molar-refractivity contribution in [2.45, 2.75) is 13.2 Å². The van der Waals surface area contributed by atoms with Crippen molar-refractivity contribution in [1.29, 1.82) is 0 Å². The van der Waals surface area contributed by atoms with Crippen LogP contribution >= 0.6 is 11.5 Å². The van der Waals surface area contributed by atoms with Gasteiger partial charge in [0.25, 0.3) is 0 Å². The van der Waals surface area contributed by atoms with Crippen LogP contribution < -0.4 is 11.1 Å². The number of methoxy groups -OCH3 is 2. The number of nitrogens with two attached hydrogens (primary N) is 1. The van der Waals surface area contributed by atoms with Gasteiger partial charge in [0.1, 0.15) is 10.6 Å². The minimum absolute atomic E-state index is 0.183. The van der Waals surface area contributed by atoms with Crippen LogP contribution in [-0.4, -0.2) is 24.6 Å². The van der Waals surface area contributed by atoms with E-state index >= 15 is 0 Å². The van der Waals surface area contributed by atoms with E-state index in [1.807, 2.05) is 24.3 Å². The molecule has 0 atom stereocenters. The number of hydrogen-bond acceptors (Lipinski definition) is 7. The molecule has 2 aromatic rings. The second kappa shape index (κ2) is 7.05. The van der Waals surface area contributed by atoms with E-state index in [9.17, 15) is 4.79 Å². The van der Waals surface area contributed by atoms with Gasteiger partial charge in [0.05, 0.1) is 13.7 Å². The van der Waals surface area contributed by atoms with Gasteiger partial charge >= 0.3 is 5.97 Å². The number of esters is 1. The number of ether oxygens (including phenoxy) is 2. The number of aromatic nitrogens is 1. The predicted molar refractivity (Wildman–Crippen MR) is 82.3 cm³/mol. The average molecular weight is 307 g/mol. The quantitative estimate of drug-likeness (QED) is 0.796. The van der Waals surface area contributed by atoms with Crippen LogP contribution in [0.3, 0.4) is 0 Å². The summed E-state index contributed by atoms with van der Waals surface area (Å²) in [7, 11) is 2.98. The minimum atomic E-state index is -0.489. The molecule has 0 aliphatic heterocycles. The third-order valence-electron chi connectivity index (χ3n) is 2.86. The molecule has 1 aromatic heterocycles. The normalized spacial score (nSPS) is 10.4. The van der Waals surface area contributed by atoms with E-state index in [4.69, 9.17) is 15.2 Å². The molecule has 0 saturated heterocycles. The van der Waals surface area contributed by atoms with E-state index in [0.29, 0.717) is 18.2 Å². The summed E-state index contributed by atoms with van der Waals surface area (Å²) in [4.78, 5) is 11.7. The van der Waals surface area contributed by atoms with Crippen molar-refractivity contribution < 1.29 is 14.3 Å². The molecule has 7 heteroatoms. The maximum atomic E-state index is 11.7. The van der Waals surface area contributed by atoms with Gasteiger partial charge in [0.15, 0.2) is 5.82 Å². The summed E-state index contributed by atoms with van der Waals surface area (Å²) in [6, 6.07) is 8.00. The van der Waals surface area contributed by atoms with Crippen molar-refractivity contribution in [3.63, 3.8) is 0 Å². The largest absolute Gasteiger partial charge is 0.465 e. The molecule has 2 rings (SSSR count). The Labute approximate surface area is 127 Å². The Hall–Kier alpha value is -2.12. The van der Waals surface area contributed by atoms with Gasteiger partial charge in [0.2, 0.25) is 0 Å². The number of carbonyl (C=O) groups is 1. The second-order valence-corrected chi connectivity index (χ2v) is 5.14. The Morgan fingerprint density at radius 1 is 1.38 bits per heavy atom. The number of nitrogen functional groups attached to an aromatic ring is 1. The van der Waals surface area contributed by atoms with E-state index < -0.39 is 5.97 Å². The molecule has 0 fully saturated rings. The van der Waals surface area contributed by atoms with Crippen molar-refractivity contribution in [3.05, 3.63) is 41.0 Å². The highest BCUT2D eigenvalue weighted by Crippen LogP contribution is 2.27. The maximum absolute atomic E-state index is 11.7. The molecule has 21 heavy (non-hydrogen) atoms. The van der Waals surface area contributed by atoms with E-state index in [0.717, 1.165) is 22.7 Å². The number of carbonyl (C=O) groups excluding carboxylic acids is 1. The standard InChI is InChI=1S/C14H17N3O3S/c1-19-8-10-5-3-4-9(6-10)7-16-13-11(14(18)20-2)12(15)17-21-13/h3-6,16H,7-8H2,1-2H3,(H2,15,17). The van der Waals surface area contributed by atoms with Crippen molar-refractivity contribution in [1.82, 2.24) is 4.37 Å². The molecule has 0 unspecified atom stereocenters. The number of benzene rings is 1. The van der Waals surface area contributed by atoms with Crippen LogP contribution in [0.2, 0.25) is 0 Å². The number of anilines is 2. The topological polar surface area (TPSA) is 86.5 Å². The highest BCUT2D eigenvalue weighted by atomic mass is 32.1. The lowest BCUT2D eigenvalue weighted by Crippen LogP contribution is -2.08. The summed E-state index contributed by atoms with van der Waals surface area (Å²) in [6.45, 7) is 1.12. The van der Waals surface area contributed by atoms with Crippen LogP contribution in [0.5, 0.6) is 0 Å². The third kappa shape index (κ3) is 3.71. The molecule has 0 spiro atoms. The van der Waals surface area contributed by atoms with Crippen LogP contribution in [0.4, 0.5) is 10.8 Å². The molecule has 0 saturated carbocycles. The summed E-state index contributed by atoms with van der Waals surface area (Å²) in [6.07, 6.45) is 0. The highest BCUT2D eigenvalue weighted by Gasteiger charge is 2.19. The zero-order valence-corrected chi connectivity index (χ0v) is 12.7. The van der Waals surface area contributed by atoms with Gasteiger partial charge in [-0.3, -0.25) is 0 Å². The Morgan fingerprint density at radius 3 is 2.86 bits per heavy atom. The average Bonchev–Trinajstić information content (AvgIpc) is 2.86. The molecule has 1 aromatic carbocycles. The molecule has 112 valence electrons. The minimum Gasteiger partial charge on any atom is -0.465 e. The first-order valence-electron chi connectivity index (χ1n) is 6.29. The summed E-state index contributed by atoms with van der Waals surface area (Å²) in [5.41, 5.74) is 8.15. The van der Waals surface area contributed by atoms with Crippen LogP contribution in [0.1, 0.15) is 21.5 Å². The Balaban J connectivity index is 2.10. The molecule has 6 nitrogen and oxygen atoms in total. The molecular formula is C14H17N3O3S. The first kappa shape index (κ1) is 15.3. The lowest BCUT2D eigenvalue weighted by atomic mass is 10.1. The number of nitrogens with zero attached hydrogens (tertiary/aromatic N) is 1. The number of rotatable bonds is 6. The van der Waals surface area contributed by atoms with Gasteiger partial charge in [-0.2, -0.15) is 4.37 Å². The SMILES string of the molecule is COCc1cccc(CNc2snc(N)c2C(=O)OC)c1. The molecule has 0 amide bonds. The van der Waals surface area contributed by atoms with E-state index in [1.54, 1.807) is 7.11 Å². The molecule has 0 bridgehead atoms. The summed E-state index contributed by atoms with van der Waals surface area (Å²) in [5, 5.41) is 3.78. The third-order valence-corrected chi connectivity index (χ3v) is 3.68. The summed E-state index contributed by atoms with van der Waals surface area (Å²) < 4.78 is 13.8. The second-order valence-electron chi connectivity index (χ2n) is 4.37. The zero-order chi connectivity index (χ0) is 15.2. The van der Waals surface area contributed by atoms with E-state index in [2.05, 4.69) is 9.69 Å². The van der Waals surface area contributed by atoms with E-state index in [-0.39, 0.29) is 11.4 Å². The summed E-state index contributed by atoms with van der Waals surface area (Å²) in [5.74, 6) is -0.306. The van der Waals surface area contributed by atoms with Gasteiger partial charge < -0.3 is 20.5 Å². The highest BCUT2D eigenvalue weighted by molar-refractivity contribution is 7.11. The van der Waals surface area contributed by atoms with Crippen molar-refractivity contribution >= 4 is 28.3 Å². The fourth-order valence-corrected chi connectivity index (χ4v) is 2.60. The first-order chi connectivity index (χ1) is 10.2. The van der Waals surface area contributed by atoms with Crippen LogP contribution in [-0.2, 0) is 22.6 Å². The first-order valence-corrected chi connectivity index (χ1v) is 7.07. The van der Waals surface area contributed by atoms with Crippen LogP contribution in [0, 0.1) is 0 Å². The van der Waals surface area contributed by atoms with Gasteiger partial charge in [0, 0.05) is 13.7 Å². The Kier molecular flexibility index (Phi) is 5.13. The lowest BCUT2D eigenvalue weighted by molar-refractivity contribution is 0.0603. The Morgan fingerprint density at radius 2 is 2.14 bits per heavy atom. The molecule has 0 aliphatic rings. The van der Waals surface area contributed by atoms with Crippen molar-refractivity contribution in [3.8, 4) is 0 Å². The van der Waals surface area contributed by atoms with Gasteiger partial charge in [-0.15, -0.1) is 0 Å². The van der Waals surface area contributed by atoms with Crippen LogP contribution in [0.15, 0.2) is 24.3 Å². The van der Waals surface area contributed by atoms with Crippen LogP contribution in [0.25, 0.3) is 0 Å². The monoisotopic (exact) mass is 307 g/mol. The van der Waals surface area contributed by atoms with Gasteiger partial charge in [-0.25, -0.2) is 4.79 Å². The molecule has 0 aliphatic carbocycles. The van der Waals surface area contributed by atoms with Gasteiger partial charge in [-0.1, -0.05) is 24.3 Å². The summed E-state index contributed by atoms with van der Waals surface area (Å²) >= 11 is 1.14. The number of nitrogens with one attached hydrogen (secondary N) is 1. The van der Waals surface area contributed by atoms with E-state index in [1.165, 1.54) is 7.11 Å². The smallest absolute Gasteiger partial charge is 0.344 e. The lowest BCUT2D eigenvalue weighted by Gasteiger charge is -2.07. The molecule has 3 N–H and O–H groups in total. The molecular weight excluding hydrogens is 290 g/mol. The fraction of sp³-hybridized carbons (Fsp3) is 0.286. The van der Waals surface area contributed by atoms with Gasteiger partial charge in [-0.05, 0) is 22.7 Å². The maximum Gasteiger partial charge on any atom is 0.344 e. The molecule has 1 heterocycles. The molecule has 0 radical (unpaired) electrons. The predicted octanol–water partition coefficient (Wildman–Crippen LogP) is 2.27. The van der Waals surface area contributed by atoms with Crippen molar-refractivity contribution in [2.24, 2.45) is 0 Å². The fourth-order valence-electron chi connectivity index (χ4n) is 1.90. The van der Waals surface area contributed by atoms with Crippen molar-refractivity contribution in [2.75, 3.05) is 25.3 Å². The Bertz CT molecular complexity index is 628.